The zero-order chi connectivity index (χ0) is 12.1. The molecule has 0 atom stereocenters. The molecule has 1 aliphatic carbocycles. The zero-order valence-corrected chi connectivity index (χ0v) is 10.3. The summed E-state index contributed by atoms with van der Waals surface area (Å²) in [6.07, 6.45) is 9.12. The Labute approximate surface area is 104 Å². The SMILES string of the molecule is C=CC[C@H]1CC[C@H](c2ccccc2C=O)CC1. The third-order valence-electron chi connectivity index (χ3n) is 3.91. The first-order valence-electron chi connectivity index (χ1n) is 6.50. The van der Waals surface area contributed by atoms with Crippen LogP contribution in [0.1, 0.15) is 53.9 Å². The van der Waals surface area contributed by atoms with Crippen LogP contribution in [0.3, 0.4) is 0 Å². The molecule has 17 heavy (non-hydrogen) atoms. The minimum absolute atomic E-state index is 0.581. The van der Waals surface area contributed by atoms with Gasteiger partial charge in [0.1, 0.15) is 6.29 Å². The lowest BCUT2D eigenvalue weighted by atomic mass is 9.76. The minimum atomic E-state index is 0.581. The Balaban J connectivity index is 2.05. The van der Waals surface area contributed by atoms with Gasteiger partial charge in [-0.15, -0.1) is 6.58 Å². The lowest BCUT2D eigenvalue weighted by Gasteiger charge is -2.28. The molecule has 1 aliphatic rings. The average Bonchev–Trinajstić information content (AvgIpc) is 2.40. The highest BCUT2D eigenvalue weighted by molar-refractivity contribution is 5.77. The fourth-order valence-electron chi connectivity index (χ4n) is 2.93. The second-order valence-corrected chi connectivity index (χ2v) is 4.99. The van der Waals surface area contributed by atoms with Crippen molar-refractivity contribution in [3.8, 4) is 0 Å². The number of hydrogen-bond donors (Lipinski definition) is 0. The van der Waals surface area contributed by atoms with Crippen LogP contribution in [0.5, 0.6) is 0 Å². The summed E-state index contributed by atoms with van der Waals surface area (Å²) in [6, 6.07) is 8.02. The first-order valence-corrected chi connectivity index (χ1v) is 6.50. The Morgan fingerprint density at radius 3 is 2.53 bits per heavy atom. The van der Waals surface area contributed by atoms with Crippen LogP contribution < -0.4 is 0 Å². The Morgan fingerprint density at radius 2 is 1.88 bits per heavy atom. The molecule has 2 rings (SSSR count). The summed E-state index contributed by atoms with van der Waals surface area (Å²) in [5.41, 5.74) is 2.12. The lowest BCUT2D eigenvalue weighted by molar-refractivity contribution is 0.112. The zero-order valence-electron chi connectivity index (χ0n) is 10.3. The number of benzene rings is 1. The molecule has 0 N–H and O–H groups in total. The molecule has 0 unspecified atom stereocenters. The fourth-order valence-corrected chi connectivity index (χ4v) is 2.93. The second kappa shape index (κ2) is 5.81. The third-order valence-corrected chi connectivity index (χ3v) is 3.91. The van der Waals surface area contributed by atoms with Crippen LogP contribution in [-0.2, 0) is 0 Å². The summed E-state index contributed by atoms with van der Waals surface area (Å²) in [7, 11) is 0. The summed E-state index contributed by atoms with van der Waals surface area (Å²) in [6.45, 7) is 3.81. The van der Waals surface area contributed by atoms with Crippen molar-refractivity contribution in [1.29, 1.82) is 0 Å². The molecule has 0 amide bonds. The molecular weight excluding hydrogens is 208 g/mol. The van der Waals surface area contributed by atoms with E-state index in [9.17, 15) is 4.79 Å². The van der Waals surface area contributed by atoms with Gasteiger partial charge in [0.2, 0.25) is 0 Å². The summed E-state index contributed by atoms with van der Waals surface area (Å²) >= 11 is 0. The molecule has 0 bridgehead atoms. The Kier molecular flexibility index (Phi) is 4.13. The largest absolute Gasteiger partial charge is 0.298 e. The van der Waals surface area contributed by atoms with Crippen LogP contribution in [0.2, 0.25) is 0 Å². The quantitative estimate of drug-likeness (QED) is 0.553. The van der Waals surface area contributed by atoms with Crippen molar-refractivity contribution in [2.75, 3.05) is 0 Å². The van der Waals surface area contributed by atoms with Gasteiger partial charge in [-0.25, -0.2) is 0 Å². The lowest BCUT2D eigenvalue weighted by Crippen LogP contribution is -2.14. The molecule has 0 heterocycles. The number of hydrogen-bond acceptors (Lipinski definition) is 1. The van der Waals surface area contributed by atoms with E-state index in [4.69, 9.17) is 0 Å². The van der Waals surface area contributed by atoms with Crippen LogP contribution >= 0.6 is 0 Å². The van der Waals surface area contributed by atoms with Gasteiger partial charge >= 0.3 is 0 Å². The molecule has 1 aromatic carbocycles. The van der Waals surface area contributed by atoms with Crippen molar-refractivity contribution in [3.05, 3.63) is 48.0 Å². The molecule has 0 aliphatic heterocycles. The smallest absolute Gasteiger partial charge is 0.150 e. The highest BCUT2D eigenvalue weighted by atomic mass is 16.1. The molecular formula is C16H20O. The third kappa shape index (κ3) is 2.85. The van der Waals surface area contributed by atoms with Crippen molar-refractivity contribution in [1.82, 2.24) is 0 Å². The maximum atomic E-state index is 11.0. The normalized spacial score (nSPS) is 24.2. The predicted molar refractivity (Wildman–Crippen MR) is 71.3 cm³/mol. The van der Waals surface area contributed by atoms with Crippen molar-refractivity contribution in [2.24, 2.45) is 5.92 Å². The van der Waals surface area contributed by atoms with Crippen molar-refractivity contribution in [3.63, 3.8) is 0 Å². The Bertz CT molecular complexity index is 386. The van der Waals surface area contributed by atoms with E-state index in [1.165, 1.54) is 31.2 Å². The summed E-state index contributed by atoms with van der Waals surface area (Å²) in [5, 5.41) is 0. The fraction of sp³-hybridized carbons (Fsp3) is 0.438. The standard InChI is InChI=1S/C16H20O/c1-2-5-13-8-10-14(11-9-13)16-7-4-3-6-15(16)12-17/h2-4,6-7,12-14H,1,5,8-11H2/t13-,14-. The molecule has 1 fully saturated rings. The van der Waals surface area contributed by atoms with Gasteiger partial charge in [-0.2, -0.15) is 0 Å². The van der Waals surface area contributed by atoms with Crippen LogP contribution in [0.15, 0.2) is 36.9 Å². The predicted octanol–water partition coefficient (Wildman–Crippen LogP) is 4.35. The molecule has 1 nitrogen and oxygen atoms in total. The van der Waals surface area contributed by atoms with E-state index in [0.717, 1.165) is 24.2 Å². The van der Waals surface area contributed by atoms with Gasteiger partial charge in [-0.1, -0.05) is 30.3 Å². The number of rotatable bonds is 4. The van der Waals surface area contributed by atoms with Crippen molar-refractivity contribution in [2.45, 2.75) is 38.0 Å². The number of carbonyl (C=O) groups is 1. The van der Waals surface area contributed by atoms with E-state index in [1.54, 1.807) is 0 Å². The Hall–Kier alpha value is -1.37. The summed E-state index contributed by atoms with van der Waals surface area (Å²) in [4.78, 5) is 11.0. The van der Waals surface area contributed by atoms with Gasteiger partial charge in [0.25, 0.3) is 0 Å². The summed E-state index contributed by atoms with van der Waals surface area (Å²) in [5.74, 6) is 1.39. The van der Waals surface area contributed by atoms with E-state index in [1.807, 2.05) is 24.3 Å². The van der Waals surface area contributed by atoms with Gasteiger partial charge in [-0.05, 0) is 49.5 Å². The van der Waals surface area contributed by atoms with Gasteiger partial charge in [0.05, 0.1) is 0 Å². The Morgan fingerprint density at radius 1 is 1.18 bits per heavy atom. The number of allylic oxidation sites excluding steroid dienone is 1. The molecule has 0 spiro atoms. The van der Waals surface area contributed by atoms with Crippen LogP contribution in [0, 0.1) is 5.92 Å². The second-order valence-electron chi connectivity index (χ2n) is 4.99. The average molecular weight is 228 g/mol. The van der Waals surface area contributed by atoms with E-state index >= 15 is 0 Å². The molecule has 90 valence electrons. The van der Waals surface area contributed by atoms with Gasteiger partial charge in [-0.3, -0.25) is 4.79 Å². The van der Waals surface area contributed by atoms with Gasteiger partial charge < -0.3 is 0 Å². The molecule has 1 heteroatoms. The van der Waals surface area contributed by atoms with Crippen LogP contribution in [-0.4, -0.2) is 6.29 Å². The summed E-state index contributed by atoms with van der Waals surface area (Å²) < 4.78 is 0. The van der Waals surface area contributed by atoms with Crippen molar-refractivity contribution < 1.29 is 4.79 Å². The van der Waals surface area contributed by atoms with E-state index in [0.29, 0.717) is 5.92 Å². The van der Waals surface area contributed by atoms with E-state index in [-0.39, 0.29) is 0 Å². The van der Waals surface area contributed by atoms with Crippen LogP contribution in [0.4, 0.5) is 0 Å². The topological polar surface area (TPSA) is 17.1 Å². The maximum absolute atomic E-state index is 11.0. The molecule has 0 radical (unpaired) electrons. The molecule has 1 saturated carbocycles. The highest BCUT2D eigenvalue weighted by Gasteiger charge is 2.22. The van der Waals surface area contributed by atoms with Crippen molar-refractivity contribution >= 4 is 6.29 Å². The number of carbonyl (C=O) groups excluding carboxylic acids is 1. The van der Waals surface area contributed by atoms with Crippen LogP contribution in [0.25, 0.3) is 0 Å². The maximum Gasteiger partial charge on any atom is 0.150 e. The van der Waals surface area contributed by atoms with E-state index in [2.05, 4.69) is 12.6 Å². The van der Waals surface area contributed by atoms with Gasteiger partial charge in [0, 0.05) is 5.56 Å². The minimum Gasteiger partial charge on any atom is -0.298 e. The molecule has 1 aromatic rings. The van der Waals surface area contributed by atoms with E-state index < -0.39 is 0 Å². The number of aldehydes is 1. The molecule has 0 aromatic heterocycles. The molecule has 0 saturated heterocycles. The van der Waals surface area contributed by atoms with Gasteiger partial charge in [0.15, 0.2) is 0 Å². The first-order chi connectivity index (χ1) is 8.35. The monoisotopic (exact) mass is 228 g/mol. The highest BCUT2D eigenvalue weighted by Crippen LogP contribution is 2.37. The first kappa shape index (κ1) is 12.1.